The number of hydrogen-bond donors (Lipinski definition) is 2. The maximum absolute atomic E-state index is 12.9. The summed E-state index contributed by atoms with van der Waals surface area (Å²) in [7, 11) is -3.53. The summed E-state index contributed by atoms with van der Waals surface area (Å²) < 4.78 is 32.8. The molecule has 2 N–H and O–H groups in total. The molecule has 1 unspecified atom stereocenters. The lowest BCUT2D eigenvalue weighted by Gasteiger charge is -2.27. The van der Waals surface area contributed by atoms with Crippen LogP contribution in [0.15, 0.2) is 29.2 Å². The molecule has 1 atom stereocenters. The SMILES string of the molecule is Cl.O=C(NCc1ccccc1S(=O)(=O)N1CCCCC1)C1CNCCO1. The van der Waals surface area contributed by atoms with Crippen LogP contribution in [0.25, 0.3) is 0 Å². The molecule has 146 valence electrons. The van der Waals surface area contributed by atoms with Crippen molar-refractivity contribution in [1.82, 2.24) is 14.9 Å². The summed E-state index contributed by atoms with van der Waals surface area (Å²) in [4.78, 5) is 12.5. The lowest BCUT2D eigenvalue weighted by molar-refractivity contribution is -0.134. The van der Waals surface area contributed by atoms with Gasteiger partial charge in [0.15, 0.2) is 0 Å². The van der Waals surface area contributed by atoms with Gasteiger partial charge >= 0.3 is 0 Å². The third-order valence-electron chi connectivity index (χ3n) is 4.58. The van der Waals surface area contributed by atoms with Crippen LogP contribution in [0, 0.1) is 0 Å². The zero-order chi connectivity index (χ0) is 17.7. The molecule has 0 bridgehead atoms. The number of hydrogen-bond acceptors (Lipinski definition) is 5. The molecule has 1 amide bonds. The number of carbonyl (C=O) groups is 1. The number of sulfonamides is 1. The van der Waals surface area contributed by atoms with Gasteiger partial charge in [-0.25, -0.2) is 8.42 Å². The Balaban J connectivity index is 0.00000243. The van der Waals surface area contributed by atoms with Gasteiger partial charge in [0.2, 0.25) is 10.0 Å². The number of carbonyl (C=O) groups excluding carboxylic acids is 1. The van der Waals surface area contributed by atoms with E-state index in [1.54, 1.807) is 28.6 Å². The van der Waals surface area contributed by atoms with Crippen LogP contribution in [0.1, 0.15) is 24.8 Å². The van der Waals surface area contributed by atoms with Gasteiger partial charge in [0, 0.05) is 32.7 Å². The first-order valence-corrected chi connectivity index (χ1v) is 10.2. The Morgan fingerprint density at radius 3 is 2.65 bits per heavy atom. The molecule has 2 aliphatic heterocycles. The molecule has 3 rings (SSSR count). The first-order chi connectivity index (χ1) is 12.1. The average molecular weight is 404 g/mol. The quantitative estimate of drug-likeness (QED) is 0.762. The van der Waals surface area contributed by atoms with E-state index in [-0.39, 0.29) is 29.8 Å². The zero-order valence-electron chi connectivity index (χ0n) is 14.6. The van der Waals surface area contributed by atoms with Crippen molar-refractivity contribution in [2.45, 2.75) is 36.8 Å². The second-order valence-electron chi connectivity index (χ2n) is 6.35. The highest BCUT2D eigenvalue weighted by atomic mass is 35.5. The van der Waals surface area contributed by atoms with E-state index < -0.39 is 16.1 Å². The molecule has 9 heteroatoms. The van der Waals surface area contributed by atoms with E-state index in [2.05, 4.69) is 10.6 Å². The predicted octanol–water partition coefficient (Wildman–Crippen LogP) is 0.888. The largest absolute Gasteiger partial charge is 0.366 e. The van der Waals surface area contributed by atoms with E-state index >= 15 is 0 Å². The van der Waals surface area contributed by atoms with Crippen LogP contribution in [-0.4, -0.2) is 57.5 Å². The van der Waals surface area contributed by atoms with Gasteiger partial charge in [0.25, 0.3) is 5.91 Å². The van der Waals surface area contributed by atoms with Gasteiger partial charge < -0.3 is 15.4 Å². The summed E-state index contributed by atoms with van der Waals surface area (Å²) in [6.45, 7) is 3.00. The molecule has 1 aromatic carbocycles. The van der Waals surface area contributed by atoms with Crippen LogP contribution >= 0.6 is 12.4 Å². The van der Waals surface area contributed by atoms with Crippen molar-refractivity contribution in [1.29, 1.82) is 0 Å². The first-order valence-electron chi connectivity index (χ1n) is 8.77. The van der Waals surface area contributed by atoms with E-state index in [4.69, 9.17) is 4.74 Å². The Labute approximate surface area is 160 Å². The summed E-state index contributed by atoms with van der Waals surface area (Å²) >= 11 is 0. The minimum atomic E-state index is -3.53. The Kier molecular flexibility index (Phi) is 7.85. The molecule has 7 nitrogen and oxygen atoms in total. The molecule has 2 saturated heterocycles. The Morgan fingerprint density at radius 1 is 1.23 bits per heavy atom. The third kappa shape index (κ3) is 4.95. The second kappa shape index (κ2) is 9.66. The Morgan fingerprint density at radius 2 is 1.96 bits per heavy atom. The van der Waals surface area contributed by atoms with Gasteiger partial charge in [-0.15, -0.1) is 12.4 Å². The minimum absolute atomic E-state index is 0. The molecular formula is C17H26ClN3O4S. The first kappa shape index (κ1) is 21.1. The van der Waals surface area contributed by atoms with Crippen LogP contribution in [0.4, 0.5) is 0 Å². The van der Waals surface area contributed by atoms with Crippen LogP contribution in [0.5, 0.6) is 0 Å². The monoisotopic (exact) mass is 403 g/mol. The average Bonchev–Trinajstić information content (AvgIpc) is 2.67. The molecule has 0 spiro atoms. The molecular weight excluding hydrogens is 378 g/mol. The van der Waals surface area contributed by atoms with E-state index in [1.807, 2.05) is 0 Å². The number of amides is 1. The summed E-state index contributed by atoms with van der Waals surface area (Å²) in [5, 5.41) is 5.90. The number of nitrogens with one attached hydrogen (secondary N) is 2. The van der Waals surface area contributed by atoms with Crippen molar-refractivity contribution in [3.63, 3.8) is 0 Å². The molecule has 26 heavy (non-hydrogen) atoms. The summed E-state index contributed by atoms with van der Waals surface area (Å²) in [6.07, 6.45) is 2.33. The lowest BCUT2D eigenvalue weighted by Crippen LogP contribution is -2.47. The fourth-order valence-corrected chi connectivity index (χ4v) is 4.92. The topological polar surface area (TPSA) is 87.7 Å². The highest BCUT2D eigenvalue weighted by Crippen LogP contribution is 2.23. The van der Waals surface area contributed by atoms with Gasteiger partial charge in [-0.2, -0.15) is 4.31 Å². The highest BCUT2D eigenvalue weighted by Gasteiger charge is 2.28. The number of nitrogens with zero attached hydrogens (tertiary/aromatic N) is 1. The lowest BCUT2D eigenvalue weighted by atomic mass is 10.2. The van der Waals surface area contributed by atoms with Crippen LogP contribution in [0.2, 0.25) is 0 Å². The maximum Gasteiger partial charge on any atom is 0.250 e. The van der Waals surface area contributed by atoms with Gasteiger partial charge in [-0.1, -0.05) is 24.6 Å². The van der Waals surface area contributed by atoms with Crippen molar-refractivity contribution < 1.29 is 17.9 Å². The van der Waals surface area contributed by atoms with Gasteiger partial charge in [0.1, 0.15) is 6.10 Å². The van der Waals surface area contributed by atoms with Crippen LogP contribution in [0.3, 0.4) is 0 Å². The number of morpholine rings is 1. The predicted molar refractivity (Wildman–Crippen MR) is 101 cm³/mol. The molecule has 0 saturated carbocycles. The normalized spacial score (nSPS) is 21.6. The number of halogens is 1. The Hall–Kier alpha value is -1.19. The fraction of sp³-hybridized carbons (Fsp3) is 0.588. The molecule has 0 aliphatic carbocycles. The summed E-state index contributed by atoms with van der Waals surface area (Å²) in [5.41, 5.74) is 0.602. The maximum atomic E-state index is 12.9. The number of rotatable bonds is 5. The van der Waals surface area contributed by atoms with Gasteiger partial charge in [-0.05, 0) is 24.5 Å². The highest BCUT2D eigenvalue weighted by molar-refractivity contribution is 7.89. The number of benzene rings is 1. The molecule has 2 fully saturated rings. The molecule has 0 radical (unpaired) electrons. The standard InChI is InChI=1S/C17H25N3O4S.ClH/c21-17(15-13-18-8-11-24-15)19-12-14-6-2-3-7-16(14)25(22,23)20-9-4-1-5-10-20;/h2-3,6-7,15,18H,1,4-5,8-13H2,(H,19,21);1H. The smallest absolute Gasteiger partial charge is 0.250 e. The number of piperidine rings is 1. The molecule has 2 aliphatic rings. The van der Waals surface area contributed by atoms with Crippen molar-refractivity contribution in [3.8, 4) is 0 Å². The molecule has 1 aromatic rings. The van der Waals surface area contributed by atoms with Crippen molar-refractivity contribution in [3.05, 3.63) is 29.8 Å². The molecule has 0 aromatic heterocycles. The van der Waals surface area contributed by atoms with Crippen molar-refractivity contribution >= 4 is 28.3 Å². The summed E-state index contributed by atoms with van der Waals surface area (Å²) in [6, 6.07) is 6.87. The molecule has 2 heterocycles. The number of ether oxygens (including phenoxy) is 1. The van der Waals surface area contributed by atoms with E-state index in [1.165, 1.54) is 0 Å². The van der Waals surface area contributed by atoms with E-state index in [9.17, 15) is 13.2 Å². The van der Waals surface area contributed by atoms with Gasteiger partial charge in [-0.3, -0.25) is 4.79 Å². The third-order valence-corrected chi connectivity index (χ3v) is 6.58. The Bertz CT molecular complexity index is 702. The minimum Gasteiger partial charge on any atom is -0.366 e. The van der Waals surface area contributed by atoms with Gasteiger partial charge in [0.05, 0.1) is 11.5 Å². The van der Waals surface area contributed by atoms with Crippen LogP contribution < -0.4 is 10.6 Å². The van der Waals surface area contributed by atoms with Crippen molar-refractivity contribution in [2.24, 2.45) is 0 Å². The summed E-state index contributed by atoms with van der Waals surface area (Å²) in [5.74, 6) is -0.225. The fourth-order valence-electron chi connectivity index (χ4n) is 3.18. The van der Waals surface area contributed by atoms with E-state index in [0.29, 0.717) is 31.8 Å². The van der Waals surface area contributed by atoms with Crippen molar-refractivity contribution in [2.75, 3.05) is 32.8 Å². The van der Waals surface area contributed by atoms with E-state index in [0.717, 1.165) is 25.8 Å². The second-order valence-corrected chi connectivity index (χ2v) is 8.26. The van der Waals surface area contributed by atoms with Crippen LogP contribution in [-0.2, 0) is 26.1 Å². The zero-order valence-corrected chi connectivity index (χ0v) is 16.3.